The summed E-state index contributed by atoms with van der Waals surface area (Å²) in [6, 6.07) is 23.6. The standard InChI is InChI=1S/C26H14F4O2/c27-21-23(29)26(32-20-14-6-10-16-8-2-4-12-18(16)20)24(30)22(28)25(21)31-19-13-5-9-15-7-1-3-11-17(15)19/h1-14H. The van der Waals surface area contributed by atoms with Gasteiger partial charge in [-0.15, -0.1) is 0 Å². The minimum absolute atomic E-state index is 0.0578. The summed E-state index contributed by atoms with van der Waals surface area (Å²) in [7, 11) is 0. The third-order valence-electron chi connectivity index (χ3n) is 5.11. The molecular formula is C26H14F4O2. The number of ether oxygens (including phenoxy) is 2. The molecule has 0 aliphatic rings. The fraction of sp³-hybridized carbons (Fsp3) is 0. The Labute approximate surface area is 180 Å². The van der Waals surface area contributed by atoms with E-state index in [1.807, 2.05) is 0 Å². The second kappa shape index (κ2) is 7.89. The van der Waals surface area contributed by atoms with Gasteiger partial charge in [0.1, 0.15) is 11.5 Å². The Morgan fingerprint density at radius 1 is 0.406 bits per heavy atom. The van der Waals surface area contributed by atoms with Crippen LogP contribution in [0.4, 0.5) is 17.6 Å². The summed E-state index contributed by atoms with van der Waals surface area (Å²) < 4.78 is 69.9. The maximum Gasteiger partial charge on any atom is 0.208 e. The summed E-state index contributed by atoms with van der Waals surface area (Å²) in [6.07, 6.45) is 0. The Morgan fingerprint density at radius 3 is 1.16 bits per heavy atom. The molecule has 2 nitrogen and oxygen atoms in total. The molecular weight excluding hydrogens is 420 g/mol. The molecule has 32 heavy (non-hydrogen) atoms. The van der Waals surface area contributed by atoms with E-state index in [4.69, 9.17) is 9.47 Å². The molecule has 0 amide bonds. The molecule has 5 aromatic rings. The molecule has 0 aromatic heterocycles. The van der Waals surface area contributed by atoms with Gasteiger partial charge >= 0.3 is 0 Å². The lowest BCUT2D eigenvalue weighted by Crippen LogP contribution is -2.04. The normalized spacial score (nSPS) is 11.1. The second-order valence-corrected chi connectivity index (χ2v) is 7.07. The van der Waals surface area contributed by atoms with Crippen molar-refractivity contribution in [2.24, 2.45) is 0 Å². The lowest BCUT2D eigenvalue weighted by atomic mass is 10.1. The van der Waals surface area contributed by atoms with Crippen molar-refractivity contribution in [3.05, 3.63) is 108 Å². The van der Waals surface area contributed by atoms with Gasteiger partial charge in [-0.25, -0.2) is 0 Å². The largest absolute Gasteiger partial charge is 0.450 e. The maximum absolute atomic E-state index is 14.8. The van der Waals surface area contributed by atoms with Gasteiger partial charge in [0.15, 0.2) is 0 Å². The molecule has 0 atom stereocenters. The first-order valence-corrected chi connectivity index (χ1v) is 9.72. The fourth-order valence-corrected chi connectivity index (χ4v) is 3.56. The second-order valence-electron chi connectivity index (χ2n) is 7.07. The van der Waals surface area contributed by atoms with Crippen molar-refractivity contribution in [3.8, 4) is 23.0 Å². The third kappa shape index (κ3) is 3.30. The lowest BCUT2D eigenvalue weighted by molar-refractivity contribution is 0.332. The van der Waals surface area contributed by atoms with E-state index in [2.05, 4.69) is 0 Å². The Hall–Kier alpha value is -4.06. The van der Waals surface area contributed by atoms with Gasteiger partial charge in [0, 0.05) is 10.8 Å². The molecule has 0 heterocycles. The van der Waals surface area contributed by atoms with Crippen LogP contribution in [-0.4, -0.2) is 0 Å². The zero-order chi connectivity index (χ0) is 22.2. The Morgan fingerprint density at radius 2 is 0.750 bits per heavy atom. The van der Waals surface area contributed by atoms with Crippen LogP contribution < -0.4 is 9.47 Å². The molecule has 6 heteroatoms. The van der Waals surface area contributed by atoms with Crippen LogP contribution in [0.1, 0.15) is 0 Å². The smallest absolute Gasteiger partial charge is 0.208 e. The van der Waals surface area contributed by atoms with Crippen LogP contribution >= 0.6 is 0 Å². The van der Waals surface area contributed by atoms with E-state index in [0.29, 0.717) is 10.8 Å². The predicted molar refractivity (Wildman–Crippen MR) is 114 cm³/mol. The van der Waals surface area contributed by atoms with Gasteiger partial charge in [-0.05, 0) is 22.9 Å². The Kier molecular flexibility index (Phi) is 4.90. The van der Waals surface area contributed by atoms with E-state index in [9.17, 15) is 17.6 Å². The first-order valence-electron chi connectivity index (χ1n) is 9.72. The highest BCUT2D eigenvalue weighted by atomic mass is 19.2. The van der Waals surface area contributed by atoms with Gasteiger partial charge in [0.25, 0.3) is 0 Å². The van der Waals surface area contributed by atoms with Gasteiger partial charge in [0.2, 0.25) is 34.8 Å². The highest BCUT2D eigenvalue weighted by molar-refractivity contribution is 5.89. The topological polar surface area (TPSA) is 18.5 Å². The molecule has 0 bridgehead atoms. The average molecular weight is 434 g/mol. The number of halogens is 4. The van der Waals surface area contributed by atoms with E-state index in [-0.39, 0.29) is 11.5 Å². The molecule has 5 aromatic carbocycles. The molecule has 0 spiro atoms. The molecule has 0 saturated carbocycles. The van der Waals surface area contributed by atoms with Crippen molar-refractivity contribution in [2.75, 3.05) is 0 Å². The zero-order valence-electron chi connectivity index (χ0n) is 16.4. The zero-order valence-corrected chi connectivity index (χ0v) is 16.4. The minimum atomic E-state index is -1.69. The Balaban J connectivity index is 1.59. The minimum Gasteiger partial charge on any atom is -0.450 e. The predicted octanol–water partition coefficient (Wildman–Crippen LogP) is 8.13. The van der Waals surface area contributed by atoms with Crippen LogP contribution in [0, 0.1) is 23.3 Å². The molecule has 0 fully saturated rings. The van der Waals surface area contributed by atoms with E-state index in [1.165, 1.54) is 12.1 Å². The van der Waals surface area contributed by atoms with Crippen molar-refractivity contribution >= 4 is 21.5 Å². The van der Waals surface area contributed by atoms with E-state index in [1.54, 1.807) is 72.8 Å². The summed E-state index contributed by atoms with van der Waals surface area (Å²) in [5.74, 6) is -8.99. The highest BCUT2D eigenvalue weighted by Gasteiger charge is 2.29. The van der Waals surface area contributed by atoms with Crippen LogP contribution in [0.15, 0.2) is 84.9 Å². The van der Waals surface area contributed by atoms with Crippen LogP contribution in [0.25, 0.3) is 21.5 Å². The molecule has 5 rings (SSSR count). The fourth-order valence-electron chi connectivity index (χ4n) is 3.56. The number of hydrogen-bond donors (Lipinski definition) is 0. The van der Waals surface area contributed by atoms with Gasteiger partial charge in [-0.1, -0.05) is 72.8 Å². The molecule has 0 aliphatic carbocycles. The summed E-state index contributed by atoms with van der Waals surface area (Å²) in [5.41, 5.74) is 0. The number of hydrogen-bond acceptors (Lipinski definition) is 2. The highest BCUT2D eigenvalue weighted by Crippen LogP contribution is 2.41. The summed E-state index contributed by atoms with van der Waals surface area (Å²) in [6.45, 7) is 0. The first-order chi connectivity index (χ1) is 15.5. The number of benzene rings is 5. The van der Waals surface area contributed by atoms with Crippen molar-refractivity contribution in [1.29, 1.82) is 0 Å². The van der Waals surface area contributed by atoms with Crippen molar-refractivity contribution < 1.29 is 27.0 Å². The van der Waals surface area contributed by atoms with E-state index >= 15 is 0 Å². The van der Waals surface area contributed by atoms with Gasteiger partial charge in [0.05, 0.1) is 0 Å². The molecule has 0 N–H and O–H groups in total. The van der Waals surface area contributed by atoms with Gasteiger partial charge in [-0.3, -0.25) is 0 Å². The van der Waals surface area contributed by atoms with Crippen molar-refractivity contribution in [2.45, 2.75) is 0 Å². The molecule has 0 radical (unpaired) electrons. The third-order valence-corrected chi connectivity index (χ3v) is 5.11. The summed E-state index contributed by atoms with van der Waals surface area (Å²) in [5, 5.41) is 2.54. The molecule has 158 valence electrons. The first kappa shape index (κ1) is 19.9. The van der Waals surface area contributed by atoms with Crippen LogP contribution in [-0.2, 0) is 0 Å². The monoisotopic (exact) mass is 434 g/mol. The lowest BCUT2D eigenvalue weighted by Gasteiger charge is -2.15. The maximum atomic E-state index is 14.8. The molecule has 0 saturated heterocycles. The quantitative estimate of drug-likeness (QED) is 0.210. The van der Waals surface area contributed by atoms with Crippen molar-refractivity contribution in [3.63, 3.8) is 0 Å². The van der Waals surface area contributed by atoms with Gasteiger partial charge in [-0.2, -0.15) is 17.6 Å². The average Bonchev–Trinajstić information content (AvgIpc) is 2.83. The van der Waals surface area contributed by atoms with Crippen LogP contribution in [0.5, 0.6) is 23.0 Å². The van der Waals surface area contributed by atoms with E-state index in [0.717, 1.165) is 10.8 Å². The SMILES string of the molecule is Fc1c(F)c(Oc2cccc3ccccc23)c(F)c(F)c1Oc1cccc2ccccc12. The van der Waals surface area contributed by atoms with E-state index < -0.39 is 34.8 Å². The summed E-state index contributed by atoms with van der Waals surface area (Å²) >= 11 is 0. The van der Waals surface area contributed by atoms with Crippen LogP contribution in [0.3, 0.4) is 0 Å². The summed E-state index contributed by atoms with van der Waals surface area (Å²) in [4.78, 5) is 0. The molecule has 0 aliphatic heterocycles. The van der Waals surface area contributed by atoms with Gasteiger partial charge < -0.3 is 9.47 Å². The number of rotatable bonds is 4. The Bertz CT molecular complexity index is 1330. The molecule has 0 unspecified atom stereocenters. The van der Waals surface area contributed by atoms with Crippen LogP contribution in [0.2, 0.25) is 0 Å². The number of fused-ring (bicyclic) bond motifs is 2. The van der Waals surface area contributed by atoms with Crippen molar-refractivity contribution in [1.82, 2.24) is 0 Å².